The summed E-state index contributed by atoms with van der Waals surface area (Å²) >= 11 is 1.63. The van der Waals surface area contributed by atoms with Crippen LogP contribution in [0.3, 0.4) is 0 Å². The molecule has 0 bridgehead atoms. The second kappa shape index (κ2) is 7.99. The van der Waals surface area contributed by atoms with Gasteiger partial charge >= 0.3 is 0 Å². The number of H-pyrrole nitrogens is 2. The molecule has 8 nitrogen and oxygen atoms in total. The summed E-state index contributed by atoms with van der Waals surface area (Å²) in [6.45, 7) is 4.06. The van der Waals surface area contributed by atoms with Crippen LogP contribution in [-0.4, -0.2) is 41.2 Å². The van der Waals surface area contributed by atoms with Crippen molar-refractivity contribution in [2.24, 2.45) is 0 Å². The van der Waals surface area contributed by atoms with Crippen LogP contribution in [0.4, 0.5) is 10.1 Å². The fourth-order valence-corrected chi connectivity index (χ4v) is 4.75. The molecule has 0 aromatic carbocycles. The molecular formula is C24H19FN8S. The topological polar surface area (TPSA) is 108 Å². The Morgan fingerprint density at radius 1 is 1.09 bits per heavy atom. The quantitative estimate of drug-likeness (QED) is 0.301. The lowest BCUT2D eigenvalue weighted by Crippen LogP contribution is -2.09. The second-order valence-electron chi connectivity index (χ2n) is 8.16. The Balaban J connectivity index is 1.50. The minimum Gasteiger partial charge on any atom is -0.382 e. The van der Waals surface area contributed by atoms with Crippen LogP contribution in [0.25, 0.3) is 55.3 Å². The van der Waals surface area contributed by atoms with Gasteiger partial charge in [0.2, 0.25) is 0 Å². The van der Waals surface area contributed by atoms with E-state index in [1.54, 1.807) is 36.1 Å². The lowest BCUT2D eigenvalue weighted by atomic mass is 10.1. The van der Waals surface area contributed by atoms with E-state index >= 15 is 4.39 Å². The highest BCUT2D eigenvalue weighted by atomic mass is 32.1. The average molecular weight is 471 g/mol. The molecule has 0 aliphatic heterocycles. The second-order valence-corrected chi connectivity index (χ2v) is 9.11. The van der Waals surface area contributed by atoms with Gasteiger partial charge in [-0.05, 0) is 37.4 Å². The molecule has 0 fully saturated rings. The maximum absolute atomic E-state index is 15.9. The van der Waals surface area contributed by atoms with Crippen LogP contribution in [0.5, 0.6) is 0 Å². The predicted octanol–water partition coefficient (Wildman–Crippen LogP) is 5.65. The molecule has 0 amide bonds. The number of hydrogen-bond donors (Lipinski definition) is 3. The number of imidazole rings is 1. The Morgan fingerprint density at radius 2 is 2.00 bits per heavy atom. The van der Waals surface area contributed by atoms with E-state index in [1.807, 2.05) is 43.5 Å². The minimum atomic E-state index is -0.489. The molecule has 0 radical (unpaired) electrons. The SMILES string of the molecule is CC(C)Nc1cncc(-c2ncc3[nH]nc(-c4nc5nccc(-c6cccs6)c5[nH]4)c3c2F)c1. The largest absolute Gasteiger partial charge is 0.382 e. The van der Waals surface area contributed by atoms with Gasteiger partial charge in [-0.15, -0.1) is 11.3 Å². The molecule has 0 spiro atoms. The number of pyridine rings is 3. The standard InChI is InChI=1S/C24H19FN8S/c1-12(2)29-14-8-13(9-26-10-14)20-19(25)18-16(11-28-20)32-33-22(18)24-30-21-15(17-4-3-7-34-17)5-6-27-23(21)31-24/h3-12,29H,1-2H3,(H,32,33)(H,27,30,31). The van der Waals surface area contributed by atoms with E-state index in [1.165, 1.54) is 0 Å². The van der Waals surface area contributed by atoms with Crippen molar-refractivity contribution in [3.05, 3.63) is 60.3 Å². The fourth-order valence-electron chi connectivity index (χ4n) is 3.99. The van der Waals surface area contributed by atoms with Gasteiger partial charge in [0.15, 0.2) is 17.3 Å². The maximum atomic E-state index is 15.9. The Bertz CT molecular complexity index is 1630. The van der Waals surface area contributed by atoms with Crippen LogP contribution in [-0.2, 0) is 0 Å². The summed E-state index contributed by atoms with van der Waals surface area (Å²) in [6.07, 6.45) is 6.60. The molecular weight excluding hydrogens is 451 g/mol. The third-order valence-corrected chi connectivity index (χ3v) is 6.32. The van der Waals surface area contributed by atoms with Crippen LogP contribution in [0, 0.1) is 5.82 Å². The van der Waals surface area contributed by atoms with Crippen LogP contribution in [0.15, 0.2) is 54.4 Å². The van der Waals surface area contributed by atoms with Gasteiger partial charge in [-0.1, -0.05) is 6.07 Å². The smallest absolute Gasteiger partial charge is 0.178 e. The van der Waals surface area contributed by atoms with Gasteiger partial charge in [-0.2, -0.15) is 5.10 Å². The Hall–Kier alpha value is -4.18. The number of halogens is 1. The number of fused-ring (bicyclic) bond motifs is 2. The highest BCUT2D eigenvalue weighted by Crippen LogP contribution is 2.35. The zero-order valence-electron chi connectivity index (χ0n) is 18.3. The Morgan fingerprint density at radius 3 is 2.82 bits per heavy atom. The van der Waals surface area contributed by atoms with Crippen molar-refractivity contribution in [1.29, 1.82) is 0 Å². The molecule has 0 atom stereocenters. The van der Waals surface area contributed by atoms with Gasteiger partial charge in [-0.3, -0.25) is 15.1 Å². The number of aromatic nitrogens is 7. The molecule has 0 unspecified atom stereocenters. The number of thiophene rings is 1. The van der Waals surface area contributed by atoms with E-state index in [-0.39, 0.29) is 11.7 Å². The number of rotatable bonds is 5. The highest BCUT2D eigenvalue weighted by Gasteiger charge is 2.21. The van der Waals surface area contributed by atoms with Gasteiger partial charge < -0.3 is 10.3 Å². The number of nitrogens with zero attached hydrogens (tertiary/aromatic N) is 5. The monoisotopic (exact) mass is 470 g/mol. The Labute approximate surface area is 197 Å². The van der Waals surface area contributed by atoms with E-state index in [0.29, 0.717) is 33.6 Å². The van der Waals surface area contributed by atoms with E-state index < -0.39 is 5.82 Å². The van der Waals surface area contributed by atoms with Crippen molar-refractivity contribution in [3.8, 4) is 33.2 Å². The summed E-state index contributed by atoms with van der Waals surface area (Å²) in [5.41, 5.74) is 4.73. The molecule has 0 aliphatic rings. The molecule has 3 N–H and O–H groups in total. The van der Waals surface area contributed by atoms with Crippen molar-refractivity contribution in [3.63, 3.8) is 0 Å². The minimum absolute atomic E-state index is 0.198. The first-order valence-electron chi connectivity index (χ1n) is 10.7. The van der Waals surface area contributed by atoms with E-state index in [4.69, 9.17) is 0 Å². The van der Waals surface area contributed by atoms with Crippen molar-refractivity contribution in [1.82, 2.24) is 35.1 Å². The van der Waals surface area contributed by atoms with E-state index in [9.17, 15) is 0 Å². The van der Waals surface area contributed by atoms with Gasteiger partial charge in [0, 0.05) is 40.6 Å². The van der Waals surface area contributed by atoms with Gasteiger partial charge in [0.25, 0.3) is 0 Å². The molecule has 6 aromatic rings. The fraction of sp³-hybridized carbons (Fsp3) is 0.125. The highest BCUT2D eigenvalue weighted by molar-refractivity contribution is 7.13. The number of aromatic amines is 2. The van der Waals surface area contributed by atoms with Crippen LogP contribution in [0.2, 0.25) is 0 Å². The molecule has 168 valence electrons. The first-order chi connectivity index (χ1) is 16.6. The lowest BCUT2D eigenvalue weighted by Gasteiger charge is -2.11. The average Bonchev–Trinajstić information content (AvgIpc) is 3.57. The predicted molar refractivity (Wildman–Crippen MR) is 132 cm³/mol. The first-order valence-corrected chi connectivity index (χ1v) is 11.6. The first kappa shape index (κ1) is 20.4. The van der Waals surface area contributed by atoms with Crippen molar-refractivity contribution >= 4 is 39.1 Å². The van der Waals surface area contributed by atoms with E-state index in [0.717, 1.165) is 21.6 Å². The number of anilines is 1. The van der Waals surface area contributed by atoms with Crippen LogP contribution >= 0.6 is 11.3 Å². The van der Waals surface area contributed by atoms with Crippen molar-refractivity contribution in [2.45, 2.75) is 19.9 Å². The van der Waals surface area contributed by atoms with Crippen LogP contribution in [0.1, 0.15) is 13.8 Å². The summed E-state index contributed by atoms with van der Waals surface area (Å²) in [4.78, 5) is 22.0. The molecule has 0 saturated heterocycles. The molecule has 10 heteroatoms. The van der Waals surface area contributed by atoms with Crippen LogP contribution < -0.4 is 5.32 Å². The van der Waals surface area contributed by atoms with Crippen molar-refractivity contribution < 1.29 is 4.39 Å². The maximum Gasteiger partial charge on any atom is 0.178 e. The normalized spacial score (nSPS) is 11.6. The van der Waals surface area contributed by atoms with Crippen molar-refractivity contribution in [2.75, 3.05) is 5.32 Å². The van der Waals surface area contributed by atoms with Gasteiger partial charge in [0.1, 0.15) is 11.4 Å². The van der Waals surface area contributed by atoms with Gasteiger partial charge in [-0.25, -0.2) is 14.4 Å². The summed E-state index contributed by atoms with van der Waals surface area (Å²) < 4.78 is 15.9. The molecule has 0 saturated carbocycles. The number of nitrogens with one attached hydrogen (secondary N) is 3. The number of hydrogen-bond acceptors (Lipinski definition) is 7. The lowest BCUT2D eigenvalue weighted by molar-refractivity contribution is 0.638. The molecule has 6 heterocycles. The Kier molecular flexibility index (Phi) is 4.80. The zero-order valence-corrected chi connectivity index (χ0v) is 19.1. The zero-order chi connectivity index (χ0) is 23.2. The molecule has 6 rings (SSSR count). The third-order valence-electron chi connectivity index (χ3n) is 5.41. The summed E-state index contributed by atoms with van der Waals surface area (Å²) in [5.74, 6) is -0.0567. The third kappa shape index (κ3) is 3.39. The summed E-state index contributed by atoms with van der Waals surface area (Å²) in [7, 11) is 0. The molecule has 6 aromatic heterocycles. The summed E-state index contributed by atoms with van der Waals surface area (Å²) in [5, 5.41) is 12.8. The van der Waals surface area contributed by atoms with Gasteiger partial charge in [0.05, 0.1) is 28.3 Å². The molecule has 34 heavy (non-hydrogen) atoms. The summed E-state index contributed by atoms with van der Waals surface area (Å²) in [6, 6.07) is 8.03. The van der Waals surface area contributed by atoms with E-state index in [2.05, 4.69) is 40.4 Å². The molecule has 0 aliphatic carbocycles.